The molecule has 0 amide bonds. The van der Waals surface area contributed by atoms with Crippen molar-refractivity contribution >= 4 is 0 Å². The number of hydrogen-bond donors (Lipinski definition) is 1. The van der Waals surface area contributed by atoms with Crippen molar-refractivity contribution in [3.63, 3.8) is 0 Å². The van der Waals surface area contributed by atoms with Crippen molar-refractivity contribution in [3.8, 4) is 0 Å². The molecule has 0 fully saturated rings. The zero-order valence-electron chi connectivity index (χ0n) is 11.5. The number of aromatic nitrogens is 1. The molecule has 0 saturated carbocycles. The standard InChI is InChI=1S/C16H20N2O/c1-3-11-18-12(2)9-10-14(16(18)19)15(17)13-7-5-4-6-8-13/h4-10,15H,3,11,17H2,1-2H3. The first-order valence-corrected chi connectivity index (χ1v) is 6.66. The van der Waals surface area contributed by atoms with E-state index in [0.29, 0.717) is 5.56 Å². The molecule has 0 spiro atoms. The van der Waals surface area contributed by atoms with Crippen molar-refractivity contribution < 1.29 is 0 Å². The van der Waals surface area contributed by atoms with E-state index in [1.54, 1.807) is 4.57 Å². The summed E-state index contributed by atoms with van der Waals surface area (Å²) in [5.74, 6) is 0. The van der Waals surface area contributed by atoms with E-state index in [4.69, 9.17) is 5.73 Å². The molecule has 100 valence electrons. The highest BCUT2D eigenvalue weighted by atomic mass is 16.1. The van der Waals surface area contributed by atoms with Crippen LogP contribution in [0.3, 0.4) is 0 Å². The summed E-state index contributed by atoms with van der Waals surface area (Å²) in [6.45, 7) is 4.75. The molecule has 2 rings (SSSR count). The summed E-state index contributed by atoms with van der Waals surface area (Å²) in [5, 5.41) is 0. The van der Waals surface area contributed by atoms with E-state index in [0.717, 1.165) is 24.2 Å². The molecular formula is C16H20N2O. The Hall–Kier alpha value is -1.87. The fraction of sp³-hybridized carbons (Fsp3) is 0.312. The number of rotatable bonds is 4. The second-order valence-corrected chi connectivity index (χ2v) is 4.78. The largest absolute Gasteiger partial charge is 0.320 e. The Labute approximate surface area is 113 Å². The van der Waals surface area contributed by atoms with Gasteiger partial charge in [0.1, 0.15) is 0 Å². The van der Waals surface area contributed by atoms with Crippen LogP contribution in [-0.4, -0.2) is 4.57 Å². The SMILES string of the molecule is CCCn1c(C)ccc(C(N)c2ccccc2)c1=O. The fourth-order valence-corrected chi connectivity index (χ4v) is 2.27. The molecule has 1 atom stereocenters. The third-order valence-electron chi connectivity index (χ3n) is 3.36. The van der Waals surface area contributed by atoms with Crippen molar-refractivity contribution in [1.82, 2.24) is 4.57 Å². The van der Waals surface area contributed by atoms with Crippen molar-refractivity contribution in [2.75, 3.05) is 0 Å². The van der Waals surface area contributed by atoms with Crippen LogP contribution in [-0.2, 0) is 6.54 Å². The summed E-state index contributed by atoms with van der Waals surface area (Å²) in [6.07, 6.45) is 0.935. The molecule has 3 nitrogen and oxygen atoms in total. The molecule has 3 heteroatoms. The van der Waals surface area contributed by atoms with Crippen molar-refractivity contribution in [2.24, 2.45) is 5.73 Å². The quantitative estimate of drug-likeness (QED) is 0.914. The Balaban J connectivity index is 2.46. The lowest BCUT2D eigenvalue weighted by Gasteiger charge is -2.15. The van der Waals surface area contributed by atoms with Gasteiger partial charge in [-0.3, -0.25) is 4.79 Å². The van der Waals surface area contributed by atoms with E-state index >= 15 is 0 Å². The van der Waals surface area contributed by atoms with Gasteiger partial charge in [-0.1, -0.05) is 37.3 Å². The molecule has 0 aliphatic heterocycles. The normalized spacial score (nSPS) is 12.4. The average Bonchev–Trinajstić information content (AvgIpc) is 2.44. The average molecular weight is 256 g/mol. The zero-order chi connectivity index (χ0) is 13.8. The van der Waals surface area contributed by atoms with Gasteiger partial charge in [-0.25, -0.2) is 0 Å². The first-order valence-electron chi connectivity index (χ1n) is 6.66. The van der Waals surface area contributed by atoms with Crippen molar-refractivity contribution in [3.05, 3.63) is 69.6 Å². The molecule has 2 aromatic rings. The summed E-state index contributed by atoms with van der Waals surface area (Å²) in [4.78, 5) is 12.5. The number of hydrogen-bond acceptors (Lipinski definition) is 2. The molecule has 1 heterocycles. The van der Waals surface area contributed by atoms with E-state index in [1.807, 2.05) is 49.4 Å². The van der Waals surface area contributed by atoms with Gasteiger partial charge in [-0.05, 0) is 31.0 Å². The predicted octanol–water partition coefficient (Wildman–Crippen LogP) is 2.61. The molecule has 0 saturated heterocycles. The summed E-state index contributed by atoms with van der Waals surface area (Å²) < 4.78 is 1.80. The van der Waals surface area contributed by atoms with Gasteiger partial charge in [0.15, 0.2) is 0 Å². The summed E-state index contributed by atoms with van der Waals surface area (Å²) in [7, 11) is 0. The van der Waals surface area contributed by atoms with Crippen LogP contribution in [0.25, 0.3) is 0 Å². The molecule has 0 radical (unpaired) electrons. The molecule has 1 aromatic heterocycles. The van der Waals surface area contributed by atoms with Crippen LogP contribution in [0.1, 0.15) is 36.2 Å². The van der Waals surface area contributed by atoms with Gasteiger partial charge < -0.3 is 10.3 Å². The second-order valence-electron chi connectivity index (χ2n) is 4.78. The molecule has 0 aliphatic rings. The van der Waals surface area contributed by atoms with Crippen LogP contribution < -0.4 is 11.3 Å². The van der Waals surface area contributed by atoms with Crippen LogP contribution in [0.4, 0.5) is 0 Å². The summed E-state index contributed by atoms with van der Waals surface area (Å²) >= 11 is 0. The van der Waals surface area contributed by atoms with Gasteiger partial charge in [0, 0.05) is 17.8 Å². The van der Waals surface area contributed by atoms with Gasteiger partial charge >= 0.3 is 0 Å². The third-order valence-corrected chi connectivity index (χ3v) is 3.36. The number of pyridine rings is 1. The first-order chi connectivity index (χ1) is 9.15. The number of nitrogens with two attached hydrogens (primary N) is 1. The van der Waals surface area contributed by atoms with Crippen molar-refractivity contribution in [2.45, 2.75) is 32.9 Å². The molecule has 1 aromatic carbocycles. The smallest absolute Gasteiger partial charge is 0.255 e. The van der Waals surface area contributed by atoms with Gasteiger partial charge in [0.05, 0.1) is 6.04 Å². The maximum Gasteiger partial charge on any atom is 0.255 e. The molecule has 19 heavy (non-hydrogen) atoms. The Morgan fingerprint density at radius 3 is 2.47 bits per heavy atom. The van der Waals surface area contributed by atoms with Crippen molar-refractivity contribution in [1.29, 1.82) is 0 Å². The van der Waals surface area contributed by atoms with Gasteiger partial charge in [0.2, 0.25) is 0 Å². The highest BCUT2D eigenvalue weighted by molar-refractivity contribution is 5.30. The first kappa shape index (κ1) is 13.6. The highest BCUT2D eigenvalue weighted by Gasteiger charge is 2.14. The Morgan fingerprint density at radius 1 is 1.16 bits per heavy atom. The van der Waals surface area contributed by atoms with Crippen LogP contribution in [0.15, 0.2) is 47.3 Å². The van der Waals surface area contributed by atoms with E-state index in [9.17, 15) is 4.79 Å². The maximum atomic E-state index is 12.5. The topological polar surface area (TPSA) is 48.0 Å². The minimum atomic E-state index is -0.364. The molecule has 2 N–H and O–H groups in total. The zero-order valence-corrected chi connectivity index (χ0v) is 11.5. The molecular weight excluding hydrogens is 236 g/mol. The van der Waals surface area contributed by atoms with E-state index in [1.165, 1.54) is 0 Å². The van der Waals surface area contributed by atoms with Gasteiger partial charge in [0.25, 0.3) is 5.56 Å². The lowest BCUT2D eigenvalue weighted by atomic mass is 10.0. The van der Waals surface area contributed by atoms with E-state index in [-0.39, 0.29) is 11.6 Å². The Morgan fingerprint density at radius 2 is 1.84 bits per heavy atom. The highest BCUT2D eigenvalue weighted by Crippen LogP contribution is 2.16. The van der Waals surface area contributed by atoms with Crippen LogP contribution in [0, 0.1) is 6.92 Å². The molecule has 1 unspecified atom stereocenters. The van der Waals surface area contributed by atoms with Gasteiger partial charge in [-0.2, -0.15) is 0 Å². The second kappa shape index (κ2) is 5.85. The van der Waals surface area contributed by atoms with Gasteiger partial charge in [-0.15, -0.1) is 0 Å². The van der Waals surface area contributed by atoms with E-state index in [2.05, 4.69) is 6.92 Å². The lowest BCUT2D eigenvalue weighted by molar-refractivity contribution is 0.623. The van der Waals surface area contributed by atoms with Crippen LogP contribution >= 0.6 is 0 Å². The minimum absolute atomic E-state index is 0.0261. The predicted molar refractivity (Wildman–Crippen MR) is 78.2 cm³/mol. The van der Waals surface area contributed by atoms with Crippen LogP contribution in [0.2, 0.25) is 0 Å². The van der Waals surface area contributed by atoms with E-state index < -0.39 is 0 Å². The summed E-state index contributed by atoms with van der Waals surface area (Å²) in [6, 6.07) is 13.2. The lowest BCUT2D eigenvalue weighted by Crippen LogP contribution is -2.29. The number of nitrogens with zero attached hydrogens (tertiary/aromatic N) is 1. The van der Waals surface area contributed by atoms with Crippen LogP contribution in [0.5, 0.6) is 0 Å². The third kappa shape index (κ3) is 2.76. The maximum absolute atomic E-state index is 12.5. The number of benzene rings is 1. The number of aryl methyl sites for hydroxylation is 1. The minimum Gasteiger partial charge on any atom is -0.320 e. The fourth-order valence-electron chi connectivity index (χ4n) is 2.27. The molecule has 0 bridgehead atoms. The molecule has 0 aliphatic carbocycles. The Bertz CT molecular complexity index is 602. The monoisotopic (exact) mass is 256 g/mol. The summed E-state index contributed by atoms with van der Waals surface area (Å²) in [5.41, 5.74) is 8.85. The Kier molecular flexibility index (Phi) is 4.17.